The van der Waals surface area contributed by atoms with E-state index in [-0.39, 0.29) is 28.4 Å². The largest absolute Gasteiger partial charge is 0.474 e. The van der Waals surface area contributed by atoms with Crippen molar-refractivity contribution in [3.05, 3.63) is 78.4 Å². The van der Waals surface area contributed by atoms with E-state index >= 15 is 0 Å². The number of esters is 1. The number of fused-ring (bicyclic) bond motifs is 1. The van der Waals surface area contributed by atoms with Crippen LogP contribution in [0, 0.1) is 10.8 Å². The number of thioether (sulfide) groups is 1. The molecular weight excluding hydrogens is 699 g/mol. The highest BCUT2D eigenvalue weighted by molar-refractivity contribution is 7.98. The second kappa shape index (κ2) is 16.8. The number of sulfone groups is 1. The third-order valence-electron chi connectivity index (χ3n) is 9.44. The summed E-state index contributed by atoms with van der Waals surface area (Å²) in [5.41, 5.74) is 9.87. The van der Waals surface area contributed by atoms with Gasteiger partial charge in [0.1, 0.15) is 5.75 Å². The van der Waals surface area contributed by atoms with E-state index in [1.165, 1.54) is 30.0 Å². The second-order valence-electron chi connectivity index (χ2n) is 14.9. The van der Waals surface area contributed by atoms with Crippen LogP contribution in [-0.4, -0.2) is 50.9 Å². The van der Waals surface area contributed by atoms with Gasteiger partial charge in [0.25, 0.3) is 17.4 Å². The number of amides is 2. The quantitative estimate of drug-likeness (QED) is 0.113. The Labute approximate surface area is 312 Å². The van der Waals surface area contributed by atoms with Gasteiger partial charge in [-0.15, -0.1) is 11.8 Å². The van der Waals surface area contributed by atoms with E-state index in [2.05, 4.69) is 18.7 Å². The zero-order valence-corrected chi connectivity index (χ0v) is 32.8. The van der Waals surface area contributed by atoms with E-state index in [4.69, 9.17) is 20.9 Å². The van der Waals surface area contributed by atoms with Crippen molar-refractivity contribution in [2.75, 3.05) is 23.5 Å². The first-order valence-electron chi connectivity index (χ1n) is 17.8. The highest BCUT2D eigenvalue weighted by Crippen LogP contribution is 2.48. The smallest absolute Gasteiger partial charge is 0.307 e. The topological polar surface area (TPSA) is 159 Å². The molecule has 0 aromatic heterocycles. The fraction of sp³-hybridized carbons (Fsp3) is 0.475. The van der Waals surface area contributed by atoms with Crippen LogP contribution in [0.15, 0.2) is 82.6 Å². The van der Waals surface area contributed by atoms with Crippen LogP contribution in [0.1, 0.15) is 85.1 Å². The minimum absolute atomic E-state index is 0.0188. The van der Waals surface area contributed by atoms with Crippen molar-refractivity contribution >= 4 is 50.8 Å². The van der Waals surface area contributed by atoms with Gasteiger partial charge in [-0.3, -0.25) is 14.4 Å². The third-order valence-corrected chi connectivity index (χ3v) is 12.2. The summed E-state index contributed by atoms with van der Waals surface area (Å²) in [7, 11) is -3.96. The third kappa shape index (κ3) is 9.12. The Balaban J connectivity index is 1.97. The van der Waals surface area contributed by atoms with Gasteiger partial charge in [0, 0.05) is 29.3 Å². The molecule has 0 bridgehead atoms. The molecule has 1 aliphatic heterocycles. The molecule has 0 saturated carbocycles. The van der Waals surface area contributed by atoms with Gasteiger partial charge in [0.05, 0.1) is 27.7 Å². The molecular formula is C40H53N3O7S2. The summed E-state index contributed by atoms with van der Waals surface area (Å²) >= 11 is 1.27. The average molecular weight is 752 g/mol. The number of hydrogen-bond acceptors (Lipinski definition) is 9. The SMILES string of the molecule is CCCCC1(CCCC)CN(c2ccccc2)c2cc(SC)c(OC(C(N)=O)[C@@](OC(=O)CC(C)(C)C)(C(N)=O)c3ccccc3)cc2S(=O)(=O)C1. The zero-order chi connectivity index (χ0) is 38.3. The molecule has 282 valence electrons. The number of ether oxygens (including phenoxy) is 2. The molecule has 0 radical (unpaired) electrons. The maximum Gasteiger partial charge on any atom is 0.307 e. The molecule has 0 saturated heterocycles. The first-order valence-corrected chi connectivity index (χ1v) is 20.7. The molecule has 1 unspecified atom stereocenters. The minimum atomic E-state index is -3.96. The summed E-state index contributed by atoms with van der Waals surface area (Å²) in [5, 5.41) is 0. The van der Waals surface area contributed by atoms with E-state index in [0.29, 0.717) is 17.1 Å². The summed E-state index contributed by atoms with van der Waals surface area (Å²) in [6.45, 7) is 10.2. The molecule has 1 heterocycles. The van der Waals surface area contributed by atoms with Crippen LogP contribution >= 0.6 is 11.8 Å². The van der Waals surface area contributed by atoms with Crippen LogP contribution in [-0.2, 0) is 34.6 Å². The molecule has 3 aromatic rings. The first kappa shape index (κ1) is 40.7. The lowest BCUT2D eigenvalue weighted by molar-refractivity contribution is -0.184. The van der Waals surface area contributed by atoms with Crippen molar-refractivity contribution in [3.8, 4) is 5.75 Å². The molecule has 0 aliphatic carbocycles. The lowest BCUT2D eigenvalue weighted by Gasteiger charge is -2.37. The number of primary amides is 2. The van der Waals surface area contributed by atoms with E-state index in [1.807, 2.05) is 51.1 Å². The minimum Gasteiger partial charge on any atom is -0.474 e. The summed E-state index contributed by atoms with van der Waals surface area (Å²) in [6.07, 6.45) is 4.81. The fourth-order valence-electron chi connectivity index (χ4n) is 6.95. The number of carbonyl (C=O) groups is 3. The van der Waals surface area contributed by atoms with Crippen LogP contribution in [0.3, 0.4) is 0 Å². The van der Waals surface area contributed by atoms with Gasteiger partial charge in [0.2, 0.25) is 6.10 Å². The number of para-hydroxylation sites is 1. The molecule has 1 aliphatic rings. The molecule has 4 N–H and O–H groups in total. The Morgan fingerprint density at radius 3 is 2.00 bits per heavy atom. The van der Waals surface area contributed by atoms with Crippen LogP contribution in [0.4, 0.5) is 11.4 Å². The highest BCUT2D eigenvalue weighted by atomic mass is 32.2. The molecule has 2 amide bonds. The number of unbranched alkanes of at least 4 members (excludes halogenated alkanes) is 2. The predicted molar refractivity (Wildman–Crippen MR) is 206 cm³/mol. The van der Waals surface area contributed by atoms with Crippen molar-refractivity contribution in [2.24, 2.45) is 22.3 Å². The monoisotopic (exact) mass is 751 g/mol. The number of nitrogens with two attached hydrogens (primary N) is 2. The summed E-state index contributed by atoms with van der Waals surface area (Å²) in [5.74, 6) is -3.21. The Morgan fingerprint density at radius 2 is 1.50 bits per heavy atom. The van der Waals surface area contributed by atoms with Gasteiger partial charge in [-0.25, -0.2) is 8.42 Å². The van der Waals surface area contributed by atoms with Crippen molar-refractivity contribution < 1.29 is 32.3 Å². The van der Waals surface area contributed by atoms with Gasteiger partial charge in [-0.1, -0.05) is 109 Å². The molecule has 4 rings (SSSR count). The van der Waals surface area contributed by atoms with E-state index in [0.717, 1.165) is 44.2 Å². The highest BCUT2D eigenvalue weighted by Gasteiger charge is 2.55. The van der Waals surface area contributed by atoms with Crippen LogP contribution in [0.2, 0.25) is 0 Å². The molecule has 2 atom stereocenters. The van der Waals surface area contributed by atoms with Crippen LogP contribution < -0.4 is 21.1 Å². The Hall–Kier alpha value is -4.03. The summed E-state index contributed by atoms with van der Waals surface area (Å²) in [4.78, 5) is 43.0. The van der Waals surface area contributed by atoms with Crippen molar-refractivity contribution in [1.29, 1.82) is 0 Å². The summed E-state index contributed by atoms with van der Waals surface area (Å²) < 4.78 is 41.6. The zero-order valence-electron chi connectivity index (χ0n) is 31.1. The normalized spacial score (nSPS) is 16.8. The Morgan fingerprint density at radius 1 is 0.923 bits per heavy atom. The summed E-state index contributed by atoms with van der Waals surface area (Å²) in [6, 6.07) is 20.7. The number of benzene rings is 3. The lowest BCUT2D eigenvalue weighted by Crippen LogP contribution is -2.60. The standard InChI is InChI=1S/C40H53N3O7S2/c1-7-9-21-39(22-10-8-2)26-43(29-19-15-12-16-20-29)30-23-32(51-6)31(24-33(30)52(47,48)27-39)49-35(36(41)45)40(37(42)46,28-17-13-11-14-18-28)50-34(44)25-38(3,4)5/h11-20,23-24,35H,7-10,21-22,25-27H2,1-6H3,(H2,41,45)(H2,42,46)/t35?,40-/m1/s1. The van der Waals surface area contributed by atoms with Gasteiger partial charge in [0.15, 0.2) is 9.84 Å². The molecule has 10 nitrogen and oxygen atoms in total. The van der Waals surface area contributed by atoms with Crippen LogP contribution in [0.5, 0.6) is 5.75 Å². The van der Waals surface area contributed by atoms with Gasteiger partial charge in [-0.2, -0.15) is 0 Å². The van der Waals surface area contributed by atoms with E-state index in [9.17, 15) is 22.8 Å². The molecule has 0 fully saturated rings. The Kier molecular flexibility index (Phi) is 13.1. The predicted octanol–water partition coefficient (Wildman–Crippen LogP) is 7.29. The van der Waals surface area contributed by atoms with Gasteiger partial charge < -0.3 is 25.8 Å². The van der Waals surface area contributed by atoms with Crippen molar-refractivity contribution in [1.82, 2.24) is 0 Å². The van der Waals surface area contributed by atoms with Gasteiger partial charge >= 0.3 is 5.97 Å². The molecule has 52 heavy (non-hydrogen) atoms. The fourth-order valence-corrected chi connectivity index (χ4v) is 9.60. The average Bonchev–Trinajstić information content (AvgIpc) is 3.18. The first-order chi connectivity index (χ1) is 24.5. The molecule has 12 heteroatoms. The molecule has 0 spiro atoms. The number of rotatable bonds is 16. The number of hydrogen-bond donors (Lipinski definition) is 2. The number of nitrogens with zero attached hydrogens (tertiary/aromatic N) is 1. The van der Waals surface area contributed by atoms with Crippen LogP contribution in [0.25, 0.3) is 0 Å². The van der Waals surface area contributed by atoms with E-state index in [1.54, 1.807) is 30.5 Å². The maximum absolute atomic E-state index is 14.7. The van der Waals surface area contributed by atoms with Crippen molar-refractivity contribution in [2.45, 2.75) is 101 Å². The van der Waals surface area contributed by atoms with Gasteiger partial charge in [-0.05, 0) is 42.7 Å². The number of anilines is 2. The van der Waals surface area contributed by atoms with E-state index < -0.39 is 50.2 Å². The maximum atomic E-state index is 14.7. The molecule has 3 aromatic carbocycles. The lowest BCUT2D eigenvalue weighted by atomic mass is 9.79. The number of carbonyl (C=O) groups excluding carboxylic acids is 3. The van der Waals surface area contributed by atoms with Crippen molar-refractivity contribution in [3.63, 3.8) is 0 Å². The Bertz CT molecular complexity index is 1820. The second-order valence-corrected chi connectivity index (χ2v) is 17.7.